The molecule has 2 heteroatoms. The highest BCUT2D eigenvalue weighted by Gasteiger charge is 2.24. The van der Waals surface area contributed by atoms with Gasteiger partial charge in [0, 0.05) is 5.56 Å². The highest BCUT2D eigenvalue weighted by molar-refractivity contribution is 5.95. The third-order valence-corrected chi connectivity index (χ3v) is 5.70. The molecule has 1 aliphatic heterocycles. The molecule has 130 valence electrons. The quantitative estimate of drug-likeness (QED) is 0.612. The van der Waals surface area contributed by atoms with Gasteiger partial charge in [-0.25, -0.2) is 4.99 Å². The predicted molar refractivity (Wildman–Crippen MR) is 102 cm³/mol. The monoisotopic (exact) mass is 325 g/mol. The van der Waals surface area contributed by atoms with Gasteiger partial charge in [-0.05, 0) is 74.0 Å². The summed E-state index contributed by atoms with van der Waals surface area (Å²) < 4.78 is 5.79. The van der Waals surface area contributed by atoms with Crippen LogP contribution in [0.2, 0.25) is 0 Å². The van der Waals surface area contributed by atoms with Crippen LogP contribution in [0.4, 0.5) is 0 Å². The second kappa shape index (κ2) is 8.00. The molecule has 0 unspecified atom stereocenters. The summed E-state index contributed by atoms with van der Waals surface area (Å²) in [7, 11) is 0. The van der Waals surface area contributed by atoms with Gasteiger partial charge in [0.1, 0.15) is 6.61 Å². The van der Waals surface area contributed by atoms with E-state index in [4.69, 9.17) is 9.73 Å². The van der Waals surface area contributed by atoms with Crippen molar-refractivity contribution in [1.29, 1.82) is 0 Å². The number of ether oxygens (including phenoxy) is 1. The SMILES string of the molecule is C=CCCC1CCC(c2ccc(C3=N[C@@H](C(C)C)CO3)cc2)CC1. The molecule has 1 fully saturated rings. The van der Waals surface area contributed by atoms with Gasteiger partial charge in [0.05, 0.1) is 6.04 Å². The highest BCUT2D eigenvalue weighted by atomic mass is 16.5. The fraction of sp³-hybridized carbons (Fsp3) is 0.591. The molecule has 0 amide bonds. The number of rotatable bonds is 6. The molecule has 0 spiro atoms. The second-order valence-electron chi connectivity index (χ2n) is 7.76. The predicted octanol–water partition coefficient (Wildman–Crippen LogP) is 5.73. The van der Waals surface area contributed by atoms with E-state index in [-0.39, 0.29) is 0 Å². The van der Waals surface area contributed by atoms with Crippen LogP contribution >= 0.6 is 0 Å². The maximum atomic E-state index is 5.79. The van der Waals surface area contributed by atoms with Crippen LogP contribution in [0.1, 0.15) is 69.4 Å². The zero-order valence-electron chi connectivity index (χ0n) is 15.2. The van der Waals surface area contributed by atoms with E-state index < -0.39 is 0 Å². The first-order valence-corrected chi connectivity index (χ1v) is 9.59. The molecule has 2 nitrogen and oxygen atoms in total. The van der Waals surface area contributed by atoms with Crippen molar-refractivity contribution < 1.29 is 4.74 Å². The lowest BCUT2D eigenvalue weighted by Crippen LogP contribution is -2.13. The van der Waals surface area contributed by atoms with E-state index in [2.05, 4.69) is 50.8 Å². The molecule has 24 heavy (non-hydrogen) atoms. The average Bonchev–Trinajstić information content (AvgIpc) is 3.11. The van der Waals surface area contributed by atoms with Crippen molar-refractivity contribution in [2.45, 2.75) is 64.3 Å². The average molecular weight is 325 g/mol. The summed E-state index contributed by atoms with van der Waals surface area (Å²) in [6, 6.07) is 9.28. The molecule has 0 N–H and O–H groups in total. The van der Waals surface area contributed by atoms with E-state index in [1.807, 2.05) is 0 Å². The van der Waals surface area contributed by atoms with Crippen LogP contribution in [0.25, 0.3) is 0 Å². The summed E-state index contributed by atoms with van der Waals surface area (Å²) in [6.45, 7) is 8.98. The summed E-state index contributed by atoms with van der Waals surface area (Å²) in [5, 5.41) is 0. The van der Waals surface area contributed by atoms with E-state index in [0.29, 0.717) is 12.0 Å². The number of allylic oxidation sites excluding steroid dienone is 1. The molecule has 0 saturated heterocycles. The van der Waals surface area contributed by atoms with Crippen molar-refractivity contribution in [3.63, 3.8) is 0 Å². The maximum absolute atomic E-state index is 5.79. The van der Waals surface area contributed by atoms with Gasteiger partial charge < -0.3 is 4.74 Å². The van der Waals surface area contributed by atoms with Gasteiger partial charge in [-0.15, -0.1) is 6.58 Å². The lowest BCUT2D eigenvalue weighted by Gasteiger charge is -2.28. The Morgan fingerprint density at radius 3 is 2.46 bits per heavy atom. The lowest BCUT2D eigenvalue weighted by molar-refractivity contribution is 0.292. The Balaban J connectivity index is 1.58. The molecule has 1 heterocycles. The molecule has 0 bridgehead atoms. The topological polar surface area (TPSA) is 21.6 Å². The van der Waals surface area contributed by atoms with Crippen molar-refractivity contribution in [1.82, 2.24) is 0 Å². The minimum atomic E-state index is 0.311. The smallest absolute Gasteiger partial charge is 0.216 e. The summed E-state index contributed by atoms with van der Waals surface area (Å²) in [5.74, 6) is 3.01. The molecule has 0 aromatic heterocycles. The number of aliphatic imine (C=N–C) groups is 1. The molecule has 1 aromatic carbocycles. The van der Waals surface area contributed by atoms with Gasteiger partial charge in [-0.2, -0.15) is 0 Å². The van der Waals surface area contributed by atoms with Crippen molar-refractivity contribution in [3.05, 3.63) is 48.0 Å². The molecule has 0 radical (unpaired) electrons. The van der Waals surface area contributed by atoms with E-state index in [1.165, 1.54) is 44.1 Å². The first-order valence-electron chi connectivity index (χ1n) is 9.59. The van der Waals surface area contributed by atoms with E-state index >= 15 is 0 Å². The maximum Gasteiger partial charge on any atom is 0.216 e. The Morgan fingerprint density at radius 1 is 1.17 bits per heavy atom. The van der Waals surface area contributed by atoms with Gasteiger partial charge in [0.2, 0.25) is 5.90 Å². The molecule has 1 saturated carbocycles. The number of benzene rings is 1. The third-order valence-electron chi connectivity index (χ3n) is 5.70. The number of hydrogen-bond donors (Lipinski definition) is 0. The number of nitrogens with zero attached hydrogens (tertiary/aromatic N) is 1. The first kappa shape index (κ1) is 17.3. The molecular weight excluding hydrogens is 294 g/mol. The fourth-order valence-electron chi connectivity index (χ4n) is 3.92. The van der Waals surface area contributed by atoms with E-state index in [0.717, 1.165) is 29.9 Å². The van der Waals surface area contributed by atoms with Gasteiger partial charge in [0.15, 0.2) is 0 Å². The van der Waals surface area contributed by atoms with Gasteiger partial charge in [-0.3, -0.25) is 0 Å². The highest BCUT2D eigenvalue weighted by Crippen LogP contribution is 2.37. The molecule has 3 rings (SSSR count). The minimum Gasteiger partial charge on any atom is -0.475 e. The largest absolute Gasteiger partial charge is 0.475 e. The van der Waals surface area contributed by atoms with Crippen LogP contribution in [-0.2, 0) is 4.74 Å². The second-order valence-corrected chi connectivity index (χ2v) is 7.76. The summed E-state index contributed by atoms with van der Waals surface area (Å²) >= 11 is 0. The normalized spacial score (nSPS) is 27.0. The summed E-state index contributed by atoms with van der Waals surface area (Å²) in [4.78, 5) is 4.72. The minimum absolute atomic E-state index is 0.311. The van der Waals surface area contributed by atoms with E-state index in [9.17, 15) is 0 Å². The summed E-state index contributed by atoms with van der Waals surface area (Å²) in [5.41, 5.74) is 2.61. The Hall–Kier alpha value is -1.57. The van der Waals surface area contributed by atoms with Crippen molar-refractivity contribution >= 4 is 5.90 Å². The lowest BCUT2D eigenvalue weighted by atomic mass is 9.77. The molecule has 1 aliphatic carbocycles. The van der Waals surface area contributed by atoms with Crippen LogP contribution in [-0.4, -0.2) is 18.5 Å². The first-order chi connectivity index (χ1) is 11.7. The van der Waals surface area contributed by atoms with Crippen LogP contribution in [0.3, 0.4) is 0 Å². The number of hydrogen-bond acceptors (Lipinski definition) is 2. The summed E-state index contributed by atoms with van der Waals surface area (Å²) in [6.07, 6.45) is 9.94. The molecular formula is C22H31NO. The third kappa shape index (κ3) is 4.09. The van der Waals surface area contributed by atoms with E-state index in [1.54, 1.807) is 0 Å². The zero-order chi connectivity index (χ0) is 16.9. The van der Waals surface area contributed by atoms with Crippen LogP contribution in [0.15, 0.2) is 41.9 Å². The van der Waals surface area contributed by atoms with Crippen molar-refractivity contribution in [3.8, 4) is 0 Å². The van der Waals surface area contributed by atoms with Crippen LogP contribution in [0.5, 0.6) is 0 Å². The Labute approximate surface area is 147 Å². The van der Waals surface area contributed by atoms with Gasteiger partial charge in [-0.1, -0.05) is 32.1 Å². The van der Waals surface area contributed by atoms with Gasteiger partial charge in [0.25, 0.3) is 0 Å². The molecule has 1 atom stereocenters. The Bertz CT molecular complexity index is 564. The van der Waals surface area contributed by atoms with Gasteiger partial charge >= 0.3 is 0 Å². The fourth-order valence-corrected chi connectivity index (χ4v) is 3.92. The van der Waals surface area contributed by atoms with Crippen LogP contribution in [0, 0.1) is 11.8 Å². The van der Waals surface area contributed by atoms with Crippen molar-refractivity contribution in [2.24, 2.45) is 16.8 Å². The standard InChI is InChI=1S/C22H31NO/c1-4-5-6-17-7-9-18(10-8-17)19-11-13-20(14-12-19)22-23-21(15-24-22)16(2)3/h4,11-14,16-18,21H,1,5-10,15H2,2-3H3/t17?,18?,21-/m1/s1. The molecule has 2 aliphatic rings. The Morgan fingerprint density at radius 2 is 1.88 bits per heavy atom. The Kier molecular flexibility index (Phi) is 5.76. The zero-order valence-corrected chi connectivity index (χ0v) is 15.2. The molecule has 1 aromatic rings. The van der Waals surface area contributed by atoms with Crippen LogP contribution < -0.4 is 0 Å². The van der Waals surface area contributed by atoms with Crippen molar-refractivity contribution in [2.75, 3.05) is 6.61 Å².